The summed E-state index contributed by atoms with van der Waals surface area (Å²) in [6.45, 7) is 1.92. The number of methoxy groups -OCH3 is 1. The fourth-order valence-corrected chi connectivity index (χ4v) is 4.59. The molecule has 1 N–H and O–H groups in total. The number of hydrogen-bond donors (Lipinski definition) is 1. The summed E-state index contributed by atoms with van der Waals surface area (Å²) in [6.07, 6.45) is 6.83. The molecule has 10 heteroatoms. The number of fused-ring (bicyclic) bond motifs is 3. The maximum absolute atomic E-state index is 14.0. The predicted octanol–water partition coefficient (Wildman–Crippen LogP) is 2.87. The van der Waals surface area contributed by atoms with Crippen molar-refractivity contribution < 1.29 is 23.0 Å². The van der Waals surface area contributed by atoms with Gasteiger partial charge in [-0.1, -0.05) is 6.08 Å². The van der Waals surface area contributed by atoms with Crippen molar-refractivity contribution in [1.82, 2.24) is 19.8 Å². The summed E-state index contributed by atoms with van der Waals surface area (Å²) in [4.78, 5) is 24.3. The lowest BCUT2D eigenvalue weighted by Gasteiger charge is -2.30. The molecule has 32 heavy (non-hydrogen) atoms. The van der Waals surface area contributed by atoms with Crippen LogP contribution in [0.3, 0.4) is 0 Å². The lowest BCUT2D eigenvalue weighted by atomic mass is 9.98. The van der Waals surface area contributed by atoms with E-state index in [0.29, 0.717) is 37.0 Å². The molecule has 2 aliphatic heterocycles. The number of nitrogens with one attached hydrogen (secondary N) is 1. The second-order valence-electron chi connectivity index (χ2n) is 8.13. The molecule has 8 nitrogen and oxygen atoms in total. The summed E-state index contributed by atoms with van der Waals surface area (Å²) < 4.78 is 38.4. The molecule has 2 atom stereocenters. The van der Waals surface area contributed by atoms with E-state index in [1.54, 1.807) is 19.5 Å². The number of likely N-dealkylation sites (tertiary alicyclic amines) is 1. The van der Waals surface area contributed by atoms with Crippen molar-refractivity contribution in [2.75, 3.05) is 38.9 Å². The number of amides is 2. The van der Waals surface area contributed by atoms with Crippen molar-refractivity contribution >= 4 is 17.3 Å². The molecule has 1 aromatic carbocycles. The van der Waals surface area contributed by atoms with Gasteiger partial charge in [-0.25, -0.2) is 23.5 Å². The highest BCUT2D eigenvalue weighted by Gasteiger charge is 2.39. The quantitative estimate of drug-likeness (QED) is 0.663. The van der Waals surface area contributed by atoms with E-state index in [4.69, 9.17) is 9.47 Å². The van der Waals surface area contributed by atoms with Gasteiger partial charge in [0.05, 0.1) is 32.7 Å². The van der Waals surface area contributed by atoms with Crippen LogP contribution in [0, 0.1) is 17.6 Å². The number of nitrogens with zero attached hydrogens (tertiary/aromatic N) is 4. The summed E-state index contributed by atoms with van der Waals surface area (Å²) in [5.74, 6) is -1.44. The molecule has 0 radical (unpaired) electrons. The van der Waals surface area contributed by atoms with Crippen LogP contribution >= 0.6 is 0 Å². The fourth-order valence-electron chi connectivity index (χ4n) is 4.59. The normalized spacial score (nSPS) is 22.0. The summed E-state index contributed by atoms with van der Waals surface area (Å²) in [5.41, 5.74) is 2.73. The number of anilines is 1. The van der Waals surface area contributed by atoms with Crippen molar-refractivity contribution in [3.63, 3.8) is 0 Å². The Hall–Kier alpha value is -3.11. The lowest BCUT2D eigenvalue weighted by Crippen LogP contribution is -2.41. The highest BCUT2D eigenvalue weighted by molar-refractivity contribution is 5.92. The van der Waals surface area contributed by atoms with Gasteiger partial charge >= 0.3 is 12.0 Å². The number of hydrogen-bond acceptors (Lipinski definition) is 6. The Morgan fingerprint density at radius 3 is 2.78 bits per heavy atom. The van der Waals surface area contributed by atoms with Crippen molar-refractivity contribution in [3.05, 3.63) is 53.4 Å². The van der Waals surface area contributed by atoms with E-state index in [-0.39, 0.29) is 24.7 Å². The van der Waals surface area contributed by atoms with E-state index in [1.807, 2.05) is 0 Å². The van der Waals surface area contributed by atoms with Crippen LogP contribution in [-0.4, -0.2) is 65.4 Å². The first-order chi connectivity index (χ1) is 15.5. The van der Waals surface area contributed by atoms with Gasteiger partial charge in [0.25, 0.3) is 0 Å². The first kappa shape index (κ1) is 20.8. The van der Waals surface area contributed by atoms with E-state index < -0.39 is 11.6 Å². The zero-order chi connectivity index (χ0) is 22.2. The van der Waals surface area contributed by atoms with E-state index in [0.717, 1.165) is 24.6 Å². The molecule has 1 fully saturated rings. The predicted molar refractivity (Wildman–Crippen MR) is 112 cm³/mol. The third-order valence-electron chi connectivity index (χ3n) is 6.24. The van der Waals surface area contributed by atoms with E-state index >= 15 is 0 Å². The van der Waals surface area contributed by atoms with Crippen LogP contribution in [0.2, 0.25) is 0 Å². The molecule has 168 valence electrons. The number of carbonyl (C=O) groups is 1. The number of aromatic nitrogens is 2. The van der Waals surface area contributed by atoms with Crippen LogP contribution in [-0.2, 0) is 11.3 Å². The van der Waals surface area contributed by atoms with Gasteiger partial charge in [0.2, 0.25) is 0 Å². The Kier molecular flexibility index (Phi) is 5.48. The highest BCUT2D eigenvalue weighted by Crippen LogP contribution is 2.41. The van der Waals surface area contributed by atoms with Gasteiger partial charge in [-0.15, -0.1) is 0 Å². The number of benzene rings is 1. The minimum absolute atomic E-state index is 0.0125. The monoisotopic (exact) mass is 443 g/mol. The van der Waals surface area contributed by atoms with Crippen LogP contribution in [0.5, 0.6) is 6.01 Å². The number of rotatable bonds is 7. The molecule has 2 unspecified atom stereocenters. The molecular weight excluding hydrogens is 420 g/mol. The standard InChI is InChI=1S/C22H23F2N5O3/c1-31-21-25-8-14(9-26-21)16-7-15-6-13(16)10-29(15)12-32-5-4-28-11-17-19(27-22(28)30)3-2-18(23)20(17)24/h2-3,7-9,13,15H,4-6,10-12H2,1H3,(H,27,30). The Bertz CT molecular complexity index is 1060. The van der Waals surface area contributed by atoms with Crippen LogP contribution < -0.4 is 10.1 Å². The van der Waals surface area contributed by atoms with Crippen LogP contribution in [0.15, 0.2) is 30.6 Å². The average molecular weight is 443 g/mol. The van der Waals surface area contributed by atoms with Crippen molar-refractivity contribution in [2.45, 2.75) is 19.0 Å². The second kappa shape index (κ2) is 8.44. The highest BCUT2D eigenvalue weighted by atomic mass is 19.2. The van der Waals surface area contributed by atoms with E-state index in [9.17, 15) is 13.6 Å². The van der Waals surface area contributed by atoms with Crippen molar-refractivity contribution in [1.29, 1.82) is 0 Å². The summed E-state index contributed by atoms with van der Waals surface area (Å²) >= 11 is 0. The first-order valence-electron chi connectivity index (χ1n) is 10.5. The second-order valence-corrected chi connectivity index (χ2v) is 8.13. The molecule has 3 aliphatic rings. The first-order valence-corrected chi connectivity index (χ1v) is 10.5. The molecule has 1 aromatic heterocycles. The minimum atomic E-state index is -0.925. The summed E-state index contributed by atoms with van der Waals surface area (Å²) in [5, 5.41) is 2.60. The SMILES string of the molecule is COc1ncc(C2=CC3CC2CN3COCCN2Cc3c(ccc(F)c3F)NC2=O)cn1. The molecule has 3 heterocycles. The topological polar surface area (TPSA) is 79.8 Å². The zero-order valence-corrected chi connectivity index (χ0v) is 17.6. The fraction of sp³-hybridized carbons (Fsp3) is 0.409. The largest absolute Gasteiger partial charge is 0.467 e. The lowest BCUT2D eigenvalue weighted by molar-refractivity contribution is 0.0206. The van der Waals surface area contributed by atoms with Crippen LogP contribution in [0.4, 0.5) is 19.3 Å². The molecule has 2 bridgehead atoms. The number of ether oxygens (including phenoxy) is 2. The Balaban J connectivity index is 1.12. The van der Waals surface area contributed by atoms with Crippen molar-refractivity contribution in [3.8, 4) is 6.01 Å². The molecule has 0 saturated carbocycles. The molecule has 0 spiro atoms. The Labute approximate surface area is 183 Å². The van der Waals surface area contributed by atoms with E-state index in [2.05, 4.69) is 26.3 Å². The third-order valence-corrected chi connectivity index (χ3v) is 6.24. The van der Waals surface area contributed by atoms with E-state index in [1.165, 1.54) is 16.5 Å². The van der Waals surface area contributed by atoms with Crippen LogP contribution in [0.1, 0.15) is 17.5 Å². The minimum Gasteiger partial charge on any atom is -0.467 e. The smallest absolute Gasteiger partial charge is 0.322 e. The van der Waals surface area contributed by atoms with Gasteiger partial charge in [0.15, 0.2) is 11.6 Å². The Morgan fingerprint density at radius 1 is 1.25 bits per heavy atom. The molecule has 1 saturated heterocycles. The third kappa shape index (κ3) is 3.80. The number of carbonyl (C=O) groups excluding carboxylic acids is 1. The molecule has 2 aromatic rings. The maximum atomic E-state index is 14.0. The van der Waals surface area contributed by atoms with Gasteiger partial charge in [-0.2, -0.15) is 0 Å². The maximum Gasteiger partial charge on any atom is 0.322 e. The average Bonchev–Trinajstić information content (AvgIpc) is 3.41. The molecule has 2 amide bonds. The molecule has 1 aliphatic carbocycles. The zero-order valence-electron chi connectivity index (χ0n) is 17.6. The van der Waals surface area contributed by atoms with Gasteiger partial charge in [-0.3, -0.25) is 4.90 Å². The molecular formula is C22H23F2N5O3. The Morgan fingerprint density at radius 2 is 2.06 bits per heavy atom. The van der Waals surface area contributed by atoms with Gasteiger partial charge < -0.3 is 19.7 Å². The number of urea groups is 1. The van der Waals surface area contributed by atoms with Gasteiger partial charge in [0, 0.05) is 42.7 Å². The summed E-state index contributed by atoms with van der Waals surface area (Å²) in [7, 11) is 1.54. The summed E-state index contributed by atoms with van der Waals surface area (Å²) in [6, 6.07) is 2.69. The van der Waals surface area contributed by atoms with Crippen molar-refractivity contribution in [2.24, 2.45) is 5.92 Å². The number of halogens is 2. The van der Waals surface area contributed by atoms with Crippen LogP contribution in [0.25, 0.3) is 5.57 Å². The van der Waals surface area contributed by atoms with Gasteiger partial charge in [-0.05, 0) is 30.0 Å². The van der Waals surface area contributed by atoms with Gasteiger partial charge in [0.1, 0.15) is 0 Å². The molecule has 5 rings (SSSR count).